The van der Waals surface area contributed by atoms with Crippen molar-refractivity contribution in [1.82, 2.24) is 10.3 Å². The number of carbonyl (C=O) groups is 1. The van der Waals surface area contributed by atoms with E-state index in [1.165, 1.54) is 25.3 Å². The van der Waals surface area contributed by atoms with Gasteiger partial charge in [0.05, 0.1) is 23.7 Å². The number of nitrogens with one attached hydrogen (secondary N) is 2. The molecule has 0 aliphatic heterocycles. The number of amides is 1. The van der Waals surface area contributed by atoms with Crippen LogP contribution in [0.1, 0.15) is 16.7 Å². The number of aromatic nitrogens is 1. The molecule has 0 bridgehead atoms. The quantitative estimate of drug-likeness (QED) is 0.139. The first-order valence-electron chi connectivity index (χ1n) is 11.5. The number of aromatic amines is 1. The SMILES string of the molecule is COc1cc(/C=C(/C#N)C(=O)NCCc2c[nH]c3ccccc23)c([N+](=O)[O-])cc1OCc1ccccc1. The van der Waals surface area contributed by atoms with Crippen molar-refractivity contribution in [1.29, 1.82) is 5.26 Å². The largest absolute Gasteiger partial charge is 0.493 e. The van der Waals surface area contributed by atoms with E-state index in [0.717, 1.165) is 22.0 Å². The van der Waals surface area contributed by atoms with Crippen molar-refractivity contribution < 1.29 is 19.2 Å². The lowest BCUT2D eigenvalue weighted by atomic mass is 10.1. The predicted octanol–water partition coefficient (Wildman–Crippen LogP) is 4.93. The second-order valence-corrected chi connectivity index (χ2v) is 8.13. The molecular weight excluding hydrogens is 472 g/mol. The topological polar surface area (TPSA) is 130 Å². The zero-order valence-electron chi connectivity index (χ0n) is 20.1. The average molecular weight is 497 g/mol. The molecule has 0 saturated heterocycles. The summed E-state index contributed by atoms with van der Waals surface area (Å²) in [5.74, 6) is -0.207. The lowest BCUT2D eigenvalue weighted by Crippen LogP contribution is -2.26. The average Bonchev–Trinajstić information content (AvgIpc) is 3.33. The van der Waals surface area contributed by atoms with Crippen LogP contribution >= 0.6 is 0 Å². The number of benzene rings is 3. The predicted molar refractivity (Wildman–Crippen MR) is 139 cm³/mol. The molecule has 0 spiro atoms. The van der Waals surface area contributed by atoms with Gasteiger partial charge in [-0.3, -0.25) is 14.9 Å². The number of hydrogen-bond donors (Lipinski definition) is 2. The molecule has 0 unspecified atom stereocenters. The summed E-state index contributed by atoms with van der Waals surface area (Å²) >= 11 is 0. The number of ether oxygens (including phenoxy) is 2. The van der Waals surface area contributed by atoms with Gasteiger partial charge in [-0.2, -0.15) is 5.26 Å². The summed E-state index contributed by atoms with van der Waals surface area (Å²) in [6.07, 6.45) is 3.62. The van der Waals surface area contributed by atoms with E-state index >= 15 is 0 Å². The Hall–Kier alpha value is -5.10. The molecule has 2 N–H and O–H groups in total. The molecule has 0 radical (unpaired) electrons. The van der Waals surface area contributed by atoms with Crippen LogP contribution in [0.3, 0.4) is 0 Å². The number of nitrogens with zero attached hydrogens (tertiary/aromatic N) is 2. The zero-order chi connectivity index (χ0) is 26.2. The van der Waals surface area contributed by atoms with Crippen molar-refractivity contribution in [2.75, 3.05) is 13.7 Å². The number of nitro groups is 1. The third-order valence-corrected chi connectivity index (χ3v) is 5.77. The molecule has 0 saturated carbocycles. The van der Waals surface area contributed by atoms with Crippen LogP contribution < -0.4 is 14.8 Å². The number of carbonyl (C=O) groups excluding carboxylic acids is 1. The molecule has 4 rings (SSSR count). The molecule has 0 atom stereocenters. The van der Waals surface area contributed by atoms with Gasteiger partial charge >= 0.3 is 0 Å². The van der Waals surface area contributed by atoms with Gasteiger partial charge in [-0.25, -0.2) is 0 Å². The van der Waals surface area contributed by atoms with Crippen molar-refractivity contribution in [2.45, 2.75) is 13.0 Å². The molecule has 186 valence electrons. The third-order valence-electron chi connectivity index (χ3n) is 5.77. The van der Waals surface area contributed by atoms with E-state index in [0.29, 0.717) is 6.42 Å². The first-order valence-corrected chi connectivity index (χ1v) is 11.5. The minimum absolute atomic E-state index is 0.0530. The van der Waals surface area contributed by atoms with Gasteiger partial charge in [0.2, 0.25) is 0 Å². The van der Waals surface area contributed by atoms with Gasteiger partial charge < -0.3 is 19.8 Å². The summed E-state index contributed by atoms with van der Waals surface area (Å²) < 4.78 is 11.1. The minimum atomic E-state index is -0.625. The van der Waals surface area contributed by atoms with E-state index in [9.17, 15) is 20.2 Å². The van der Waals surface area contributed by atoms with Gasteiger partial charge in [0.1, 0.15) is 18.2 Å². The molecule has 1 amide bonds. The van der Waals surface area contributed by atoms with E-state index < -0.39 is 10.8 Å². The van der Waals surface area contributed by atoms with Gasteiger partial charge in [0, 0.05) is 23.6 Å². The fraction of sp³-hybridized carbons (Fsp3) is 0.143. The van der Waals surface area contributed by atoms with Crippen molar-refractivity contribution in [3.8, 4) is 17.6 Å². The molecule has 4 aromatic rings. The van der Waals surface area contributed by atoms with Gasteiger partial charge in [0.15, 0.2) is 11.5 Å². The summed E-state index contributed by atoms with van der Waals surface area (Å²) in [7, 11) is 1.41. The van der Waals surface area contributed by atoms with Crippen LogP contribution in [0, 0.1) is 21.4 Å². The number of H-pyrrole nitrogens is 1. The van der Waals surface area contributed by atoms with E-state index in [1.807, 2.05) is 66.9 Å². The van der Waals surface area contributed by atoms with Crippen molar-refractivity contribution in [3.63, 3.8) is 0 Å². The summed E-state index contributed by atoms with van der Waals surface area (Å²) in [5, 5.41) is 25.2. The fourth-order valence-corrected chi connectivity index (χ4v) is 3.89. The molecule has 9 heteroatoms. The van der Waals surface area contributed by atoms with Crippen LogP contribution in [0.25, 0.3) is 17.0 Å². The number of nitriles is 1. The van der Waals surface area contributed by atoms with E-state index in [1.54, 1.807) is 0 Å². The van der Waals surface area contributed by atoms with Gasteiger partial charge in [-0.1, -0.05) is 48.5 Å². The highest BCUT2D eigenvalue weighted by molar-refractivity contribution is 6.02. The standard InChI is InChI=1S/C28H24N4O5/c1-36-26-14-21(25(32(34)35)15-27(26)37-18-19-7-3-2-4-8-19)13-22(16-29)28(33)30-12-11-20-17-31-24-10-6-5-9-23(20)24/h2-10,13-15,17,31H,11-12,18H2,1H3,(H,30,33)/b22-13-. The Balaban J connectivity index is 1.51. The molecule has 3 aromatic carbocycles. The van der Waals surface area contributed by atoms with Crippen LogP contribution in [-0.4, -0.2) is 29.5 Å². The lowest BCUT2D eigenvalue weighted by Gasteiger charge is -2.12. The Morgan fingerprint density at radius 2 is 1.89 bits per heavy atom. The number of methoxy groups -OCH3 is 1. The maximum Gasteiger partial charge on any atom is 0.280 e. The van der Waals surface area contributed by atoms with E-state index in [-0.39, 0.29) is 41.5 Å². The minimum Gasteiger partial charge on any atom is -0.493 e. The normalized spacial score (nSPS) is 11.1. The highest BCUT2D eigenvalue weighted by Gasteiger charge is 2.21. The monoisotopic (exact) mass is 496 g/mol. The Kier molecular flexibility index (Phi) is 7.81. The van der Waals surface area contributed by atoms with Gasteiger partial charge in [-0.15, -0.1) is 0 Å². The second kappa shape index (κ2) is 11.6. The molecular formula is C28H24N4O5. The van der Waals surface area contributed by atoms with Crippen LogP contribution in [-0.2, 0) is 17.8 Å². The maximum absolute atomic E-state index is 12.7. The van der Waals surface area contributed by atoms with Crippen molar-refractivity contribution in [2.24, 2.45) is 0 Å². The molecule has 0 fully saturated rings. The smallest absolute Gasteiger partial charge is 0.280 e. The van der Waals surface area contributed by atoms with Crippen LogP contribution in [0.15, 0.2) is 78.5 Å². The number of para-hydroxylation sites is 1. The first kappa shape index (κ1) is 25.0. The van der Waals surface area contributed by atoms with E-state index in [2.05, 4.69) is 10.3 Å². The Morgan fingerprint density at radius 3 is 2.62 bits per heavy atom. The number of rotatable bonds is 10. The number of nitro benzene ring substituents is 1. The van der Waals surface area contributed by atoms with Crippen LogP contribution in [0.4, 0.5) is 5.69 Å². The number of fused-ring (bicyclic) bond motifs is 1. The van der Waals surface area contributed by atoms with Crippen LogP contribution in [0.5, 0.6) is 11.5 Å². The summed E-state index contributed by atoms with van der Waals surface area (Å²) in [6, 6.07) is 21.6. The second-order valence-electron chi connectivity index (χ2n) is 8.13. The van der Waals surface area contributed by atoms with Crippen molar-refractivity contribution in [3.05, 3.63) is 105 Å². The van der Waals surface area contributed by atoms with Gasteiger partial charge in [-0.05, 0) is 35.8 Å². The third kappa shape index (κ3) is 5.94. The highest BCUT2D eigenvalue weighted by Crippen LogP contribution is 2.36. The Labute approximate surface area is 213 Å². The molecule has 0 aliphatic rings. The Bertz CT molecular complexity index is 1500. The summed E-state index contributed by atoms with van der Waals surface area (Å²) in [4.78, 5) is 27.1. The summed E-state index contributed by atoms with van der Waals surface area (Å²) in [6.45, 7) is 0.475. The van der Waals surface area contributed by atoms with Gasteiger partial charge in [0.25, 0.3) is 11.6 Å². The molecule has 37 heavy (non-hydrogen) atoms. The Morgan fingerprint density at radius 1 is 1.14 bits per heavy atom. The zero-order valence-corrected chi connectivity index (χ0v) is 20.1. The maximum atomic E-state index is 12.7. The van der Waals surface area contributed by atoms with Crippen molar-refractivity contribution >= 4 is 28.6 Å². The van der Waals surface area contributed by atoms with E-state index in [4.69, 9.17) is 9.47 Å². The van der Waals surface area contributed by atoms with Crippen LogP contribution in [0.2, 0.25) is 0 Å². The number of hydrogen-bond acceptors (Lipinski definition) is 6. The summed E-state index contributed by atoms with van der Waals surface area (Å²) in [5.41, 5.74) is 2.39. The lowest BCUT2D eigenvalue weighted by molar-refractivity contribution is -0.385. The molecule has 1 aromatic heterocycles. The molecule has 9 nitrogen and oxygen atoms in total. The molecule has 0 aliphatic carbocycles. The highest BCUT2D eigenvalue weighted by atomic mass is 16.6. The first-order chi connectivity index (χ1) is 18.0. The molecule has 1 heterocycles. The fourth-order valence-electron chi connectivity index (χ4n) is 3.89.